The van der Waals surface area contributed by atoms with E-state index in [0.29, 0.717) is 23.7 Å². The molecule has 0 bridgehead atoms. The van der Waals surface area contributed by atoms with E-state index >= 15 is 0 Å². The molecule has 150 valence electrons. The Morgan fingerprint density at radius 3 is 2.37 bits per heavy atom. The molecule has 0 aromatic carbocycles. The lowest BCUT2D eigenvalue weighted by Gasteiger charge is -2.37. The second-order valence-electron chi connectivity index (χ2n) is 9.98. The lowest BCUT2D eigenvalue weighted by molar-refractivity contribution is -0.240. The van der Waals surface area contributed by atoms with Gasteiger partial charge in [0.25, 0.3) is 0 Å². The van der Waals surface area contributed by atoms with Crippen LogP contribution < -0.4 is 0 Å². The van der Waals surface area contributed by atoms with Gasteiger partial charge in [0.15, 0.2) is 5.79 Å². The van der Waals surface area contributed by atoms with Gasteiger partial charge < -0.3 is 9.47 Å². The molecule has 27 heavy (non-hydrogen) atoms. The first-order valence-electron chi connectivity index (χ1n) is 11.3. The largest absolute Gasteiger partial charge is 0.343 e. The molecule has 0 aromatic heterocycles. The lowest BCUT2D eigenvalue weighted by atomic mass is 9.88. The monoisotopic (exact) mass is 370 g/mol. The van der Waals surface area contributed by atoms with Gasteiger partial charge in [0.2, 0.25) is 0 Å². The van der Waals surface area contributed by atoms with Crippen molar-refractivity contribution in [2.24, 2.45) is 35.5 Å². The molecule has 0 aromatic rings. The molecule has 0 spiro atoms. The summed E-state index contributed by atoms with van der Waals surface area (Å²) in [6.07, 6.45) is 15.1. The number of hydrogen-bond donors (Lipinski definition) is 0. The van der Waals surface area contributed by atoms with Gasteiger partial charge in [-0.2, -0.15) is 0 Å². The Bertz CT molecular complexity index is 645. The van der Waals surface area contributed by atoms with Crippen molar-refractivity contribution in [1.29, 1.82) is 0 Å². The van der Waals surface area contributed by atoms with Gasteiger partial charge in [-0.25, -0.2) is 0 Å². The van der Waals surface area contributed by atoms with Crippen LogP contribution in [0.3, 0.4) is 0 Å². The van der Waals surface area contributed by atoms with Gasteiger partial charge >= 0.3 is 0 Å². The Hall–Kier alpha value is -0.860. The minimum absolute atomic E-state index is 0.274. The van der Waals surface area contributed by atoms with E-state index < -0.39 is 5.79 Å². The molecule has 4 aliphatic rings. The van der Waals surface area contributed by atoms with Crippen molar-refractivity contribution >= 4 is 0 Å². The van der Waals surface area contributed by atoms with Crippen molar-refractivity contribution < 1.29 is 9.47 Å². The van der Waals surface area contributed by atoms with Crippen LogP contribution in [0.2, 0.25) is 0 Å². The average Bonchev–Trinajstić information content (AvgIpc) is 3.33. The van der Waals surface area contributed by atoms with Crippen LogP contribution in [0.4, 0.5) is 0 Å². The minimum Gasteiger partial charge on any atom is -0.343 e. The molecule has 3 aliphatic carbocycles. The van der Waals surface area contributed by atoms with Crippen LogP contribution in [0.1, 0.15) is 67.2 Å². The van der Waals surface area contributed by atoms with Crippen LogP contribution in [0.15, 0.2) is 35.5 Å². The Balaban J connectivity index is 1.44. The van der Waals surface area contributed by atoms with Crippen LogP contribution in [0.5, 0.6) is 0 Å². The van der Waals surface area contributed by atoms with E-state index in [0.717, 1.165) is 24.7 Å². The first-order valence-corrected chi connectivity index (χ1v) is 11.3. The summed E-state index contributed by atoms with van der Waals surface area (Å²) in [5, 5.41) is 0. The maximum atomic E-state index is 6.69. The summed E-state index contributed by atoms with van der Waals surface area (Å²) in [5.41, 5.74) is 3.08. The molecule has 0 radical (unpaired) electrons. The van der Waals surface area contributed by atoms with Crippen LogP contribution in [-0.2, 0) is 9.47 Å². The molecule has 0 unspecified atom stereocenters. The molecule has 1 aliphatic heterocycles. The predicted molar refractivity (Wildman–Crippen MR) is 111 cm³/mol. The van der Waals surface area contributed by atoms with Gasteiger partial charge in [0, 0.05) is 11.8 Å². The average molecular weight is 371 g/mol. The molecule has 1 heterocycles. The van der Waals surface area contributed by atoms with Crippen molar-refractivity contribution in [3.8, 4) is 0 Å². The summed E-state index contributed by atoms with van der Waals surface area (Å²) >= 11 is 0. The Labute approximate surface area is 166 Å². The van der Waals surface area contributed by atoms with Crippen LogP contribution in [0.25, 0.3) is 0 Å². The van der Waals surface area contributed by atoms with Crippen LogP contribution >= 0.6 is 0 Å². The smallest absolute Gasteiger partial charge is 0.173 e. The number of ether oxygens (including phenoxy) is 2. The molecule has 0 N–H and O–H groups in total. The van der Waals surface area contributed by atoms with Crippen molar-refractivity contribution in [2.75, 3.05) is 0 Å². The third kappa shape index (κ3) is 3.08. The van der Waals surface area contributed by atoms with Crippen molar-refractivity contribution in [3.63, 3.8) is 0 Å². The normalized spacial score (nSPS) is 40.1. The highest BCUT2D eigenvalue weighted by Gasteiger charge is 2.59. The first-order chi connectivity index (χ1) is 12.9. The van der Waals surface area contributed by atoms with Crippen molar-refractivity contribution in [3.05, 3.63) is 35.5 Å². The maximum Gasteiger partial charge on any atom is 0.173 e. The number of rotatable bonds is 5. The lowest BCUT2D eigenvalue weighted by Crippen LogP contribution is -2.43. The van der Waals surface area contributed by atoms with E-state index in [-0.39, 0.29) is 12.2 Å². The Morgan fingerprint density at radius 1 is 1.04 bits per heavy atom. The number of hydrogen-bond acceptors (Lipinski definition) is 2. The molecule has 6 atom stereocenters. The molecule has 2 nitrogen and oxygen atoms in total. The molecule has 2 heteroatoms. The SMILES string of the molecule is CC[C@H]1C(/C=C\C2=CC[C@@H]3[C@@H]4OC(C(C)C)(C(C)C)O[C@@H]4C[C@H]23)=CC[C@H]1C. The van der Waals surface area contributed by atoms with E-state index in [1.165, 1.54) is 18.4 Å². The summed E-state index contributed by atoms with van der Waals surface area (Å²) in [5.74, 6) is 3.15. The third-order valence-electron chi connectivity index (χ3n) is 7.86. The van der Waals surface area contributed by atoms with E-state index in [1.54, 1.807) is 5.57 Å². The molecule has 2 fully saturated rings. The second-order valence-corrected chi connectivity index (χ2v) is 9.98. The molecular weight excluding hydrogens is 332 g/mol. The topological polar surface area (TPSA) is 18.5 Å². The summed E-state index contributed by atoms with van der Waals surface area (Å²) in [4.78, 5) is 0. The van der Waals surface area contributed by atoms with E-state index in [2.05, 4.69) is 65.8 Å². The van der Waals surface area contributed by atoms with Crippen LogP contribution in [0, 0.1) is 35.5 Å². The third-order valence-corrected chi connectivity index (χ3v) is 7.86. The standard InChI is InChI=1S/C25H38O2/c1-7-20-17(6)8-9-18(20)10-11-19-12-13-21-22(19)14-23-24(21)27-25(26-23,15(2)3)16(4)5/h9-12,15-17,20-24H,7-8,13-14H2,1-6H3/b11-10-/t17-,20-,21+,22-,23-,24+/m1/s1. The van der Waals surface area contributed by atoms with E-state index in [4.69, 9.17) is 9.47 Å². The fourth-order valence-corrected chi connectivity index (χ4v) is 6.32. The van der Waals surface area contributed by atoms with E-state index in [9.17, 15) is 0 Å². The first kappa shape index (κ1) is 19.5. The van der Waals surface area contributed by atoms with Gasteiger partial charge in [-0.05, 0) is 60.5 Å². The summed E-state index contributed by atoms with van der Waals surface area (Å²) < 4.78 is 13.3. The fraction of sp³-hybridized carbons (Fsp3) is 0.760. The highest BCUT2D eigenvalue weighted by Crippen LogP contribution is 2.54. The quantitative estimate of drug-likeness (QED) is 0.566. The number of allylic oxidation sites excluding steroid dienone is 6. The highest BCUT2D eigenvalue weighted by atomic mass is 16.8. The molecule has 1 saturated carbocycles. The zero-order chi connectivity index (χ0) is 19.3. The summed E-state index contributed by atoms with van der Waals surface area (Å²) in [7, 11) is 0. The highest BCUT2D eigenvalue weighted by molar-refractivity contribution is 5.37. The Kier molecular flexibility index (Phi) is 5.18. The van der Waals surface area contributed by atoms with Crippen molar-refractivity contribution in [2.45, 2.75) is 85.2 Å². The zero-order valence-electron chi connectivity index (χ0n) is 18.1. The number of fused-ring (bicyclic) bond motifs is 3. The van der Waals surface area contributed by atoms with Gasteiger partial charge in [0.1, 0.15) is 0 Å². The summed E-state index contributed by atoms with van der Waals surface area (Å²) in [6.45, 7) is 13.7. The van der Waals surface area contributed by atoms with E-state index in [1.807, 2.05) is 0 Å². The minimum atomic E-state index is -0.391. The maximum absolute atomic E-state index is 6.69. The summed E-state index contributed by atoms with van der Waals surface area (Å²) in [6, 6.07) is 0. The van der Waals surface area contributed by atoms with Gasteiger partial charge in [-0.1, -0.05) is 65.8 Å². The predicted octanol–water partition coefficient (Wildman–Crippen LogP) is 6.29. The molecule has 4 rings (SSSR count). The van der Waals surface area contributed by atoms with Crippen LogP contribution in [-0.4, -0.2) is 18.0 Å². The molecule has 0 amide bonds. The van der Waals surface area contributed by atoms with Gasteiger partial charge in [-0.3, -0.25) is 0 Å². The van der Waals surface area contributed by atoms with Gasteiger partial charge in [0.05, 0.1) is 12.2 Å². The second kappa shape index (κ2) is 7.19. The van der Waals surface area contributed by atoms with Gasteiger partial charge in [-0.15, -0.1) is 0 Å². The molecule has 1 saturated heterocycles. The zero-order valence-corrected chi connectivity index (χ0v) is 18.1. The van der Waals surface area contributed by atoms with Crippen molar-refractivity contribution in [1.82, 2.24) is 0 Å². The molecular formula is C25H38O2. The fourth-order valence-electron chi connectivity index (χ4n) is 6.32. The Morgan fingerprint density at radius 2 is 1.70 bits per heavy atom.